The van der Waals surface area contributed by atoms with Crippen molar-refractivity contribution in [2.24, 2.45) is 25.7 Å². The Labute approximate surface area is 167 Å². The number of carbonyl (C=O) groups is 1. The van der Waals surface area contributed by atoms with E-state index in [-0.39, 0.29) is 29.8 Å². The van der Waals surface area contributed by atoms with Crippen LogP contribution < -0.4 is 17.0 Å². The highest BCUT2D eigenvalue weighted by Gasteiger charge is 2.35. The molecule has 0 spiro atoms. The molecule has 8 nitrogen and oxygen atoms in total. The Bertz CT molecular complexity index is 1170. The molecule has 1 saturated heterocycles. The third-order valence-corrected chi connectivity index (χ3v) is 5.99. The Morgan fingerprint density at radius 2 is 1.79 bits per heavy atom. The first-order valence-electron chi connectivity index (χ1n) is 9.70. The van der Waals surface area contributed by atoms with Crippen molar-refractivity contribution in [3.8, 4) is 0 Å². The van der Waals surface area contributed by atoms with Gasteiger partial charge in [0.2, 0.25) is 5.91 Å². The van der Waals surface area contributed by atoms with Gasteiger partial charge in [0.05, 0.1) is 5.39 Å². The van der Waals surface area contributed by atoms with Crippen LogP contribution in [0.3, 0.4) is 0 Å². The summed E-state index contributed by atoms with van der Waals surface area (Å²) in [5.41, 5.74) is 6.86. The van der Waals surface area contributed by atoms with E-state index in [1.165, 1.54) is 17.2 Å². The van der Waals surface area contributed by atoms with Gasteiger partial charge in [-0.05, 0) is 24.1 Å². The van der Waals surface area contributed by atoms with Crippen LogP contribution in [0.4, 0.5) is 0 Å². The number of aryl methyl sites for hydroxylation is 1. The van der Waals surface area contributed by atoms with Crippen molar-refractivity contribution in [2.75, 3.05) is 19.6 Å². The largest absolute Gasteiger partial charge is 0.340 e. The van der Waals surface area contributed by atoms with Crippen molar-refractivity contribution in [3.63, 3.8) is 0 Å². The average molecular weight is 395 g/mol. The first-order valence-corrected chi connectivity index (χ1v) is 9.70. The van der Waals surface area contributed by atoms with Gasteiger partial charge in [-0.1, -0.05) is 30.3 Å². The molecule has 1 fully saturated rings. The van der Waals surface area contributed by atoms with E-state index < -0.39 is 5.69 Å². The second kappa shape index (κ2) is 7.36. The number of hydrogen-bond donors (Lipinski definition) is 1. The van der Waals surface area contributed by atoms with Gasteiger partial charge in [0.1, 0.15) is 12.2 Å². The van der Waals surface area contributed by atoms with E-state index in [4.69, 9.17) is 5.73 Å². The first-order chi connectivity index (χ1) is 13.9. The van der Waals surface area contributed by atoms with E-state index in [1.807, 2.05) is 23.1 Å². The number of aromatic nitrogens is 3. The summed E-state index contributed by atoms with van der Waals surface area (Å²) in [5.74, 6) is 0.370. The number of benzene rings is 1. The van der Waals surface area contributed by atoms with Gasteiger partial charge >= 0.3 is 5.69 Å². The Morgan fingerprint density at radius 1 is 1.07 bits per heavy atom. The Hall–Kier alpha value is -3.13. The number of hydrogen-bond acceptors (Lipinski definition) is 4. The second-order valence-electron chi connectivity index (χ2n) is 7.70. The minimum Gasteiger partial charge on any atom is -0.340 e. The number of fused-ring (bicyclic) bond motifs is 1. The van der Waals surface area contributed by atoms with Crippen molar-refractivity contribution in [3.05, 3.63) is 69.0 Å². The lowest BCUT2D eigenvalue weighted by Gasteiger charge is -2.18. The molecule has 2 aromatic heterocycles. The minimum absolute atomic E-state index is 0.0486. The molecule has 29 heavy (non-hydrogen) atoms. The van der Waals surface area contributed by atoms with E-state index in [0.717, 1.165) is 4.57 Å². The third-order valence-electron chi connectivity index (χ3n) is 5.99. The number of amides is 1. The number of rotatable bonds is 4. The van der Waals surface area contributed by atoms with Crippen LogP contribution in [0.2, 0.25) is 0 Å². The molecule has 1 aliphatic heterocycles. The predicted octanol–water partition coefficient (Wildman–Crippen LogP) is 0.240. The van der Waals surface area contributed by atoms with Crippen molar-refractivity contribution >= 4 is 16.9 Å². The van der Waals surface area contributed by atoms with Crippen molar-refractivity contribution in [1.82, 2.24) is 18.6 Å². The fourth-order valence-electron chi connectivity index (χ4n) is 4.35. The zero-order valence-electron chi connectivity index (χ0n) is 16.6. The predicted molar refractivity (Wildman–Crippen MR) is 111 cm³/mol. The van der Waals surface area contributed by atoms with Crippen LogP contribution in [-0.2, 0) is 25.4 Å². The lowest BCUT2D eigenvalue weighted by Crippen LogP contribution is -2.38. The van der Waals surface area contributed by atoms with Gasteiger partial charge in [-0.25, -0.2) is 4.79 Å². The fraction of sp³-hybridized carbons (Fsp3) is 0.381. The Morgan fingerprint density at radius 3 is 2.48 bits per heavy atom. The molecule has 1 aliphatic rings. The Kier molecular flexibility index (Phi) is 4.87. The fourth-order valence-corrected chi connectivity index (χ4v) is 4.35. The van der Waals surface area contributed by atoms with Crippen LogP contribution in [0, 0.1) is 5.92 Å². The molecular formula is C21H25N5O3. The molecular weight excluding hydrogens is 370 g/mol. The Balaban J connectivity index is 1.61. The SMILES string of the molecule is Cn1c(=O)c2ccn(CC(=O)N3C[C@@H](CN)[C@H](c4ccccc4)C3)c2n(C)c1=O. The summed E-state index contributed by atoms with van der Waals surface area (Å²) in [6, 6.07) is 11.8. The molecule has 1 amide bonds. The first kappa shape index (κ1) is 19.2. The van der Waals surface area contributed by atoms with Crippen LogP contribution in [-0.4, -0.2) is 44.1 Å². The summed E-state index contributed by atoms with van der Waals surface area (Å²) in [5, 5.41) is 0.422. The zero-order valence-corrected chi connectivity index (χ0v) is 16.6. The molecule has 0 radical (unpaired) electrons. The standard InChI is InChI=1S/C21H25N5O3/c1-23-19-16(20(28)24(2)21(23)29)8-9-25(19)13-18(27)26-11-15(10-22)17(12-26)14-6-4-3-5-7-14/h3-9,15,17H,10-13,22H2,1-2H3/t15-,17+/m1/s1. The maximum atomic E-state index is 13.0. The highest BCUT2D eigenvalue weighted by molar-refractivity contribution is 5.81. The molecule has 3 aromatic rings. The molecule has 0 bridgehead atoms. The average Bonchev–Trinajstić information content (AvgIpc) is 3.36. The van der Waals surface area contributed by atoms with Gasteiger partial charge in [-0.3, -0.25) is 18.7 Å². The lowest BCUT2D eigenvalue weighted by molar-refractivity contribution is -0.130. The van der Waals surface area contributed by atoms with E-state index in [9.17, 15) is 14.4 Å². The van der Waals surface area contributed by atoms with Gasteiger partial charge in [0.15, 0.2) is 0 Å². The molecule has 8 heteroatoms. The van der Waals surface area contributed by atoms with Gasteiger partial charge in [-0.2, -0.15) is 0 Å². The van der Waals surface area contributed by atoms with Crippen LogP contribution in [0.5, 0.6) is 0 Å². The van der Waals surface area contributed by atoms with Crippen molar-refractivity contribution in [2.45, 2.75) is 12.5 Å². The normalized spacial score (nSPS) is 19.2. The molecule has 0 unspecified atom stereocenters. The quantitative estimate of drug-likeness (QED) is 0.685. The van der Waals surface area contributed by atoms with E-state index >= 15 is 0 Å². The van der Waals surface area contributed by atoms with Gasteiger partial charge in [0, 0.05) is 39.3 Å². The maximum absolute atomic E-state index is 13.0. The third kappa shape index (κ3) is 3.19. The van der Waals surface area contributed by atoms with E-state index in [1.54, 1.807) is 23.9 Å². The number of carbonyl (C=O) groups excluding carboxylic acids is 1. The minimum atomic E-state index is -0.414. The summed E-state index contributed by atoms with van der Waals surface area (Å²) < 4.78 is 4.16. The molecule has 1 aromatic carbocycles. The van der Waals surface area contributed by atoms with Gasteiger partial charge in [0.25, 0.3) is 5.56 Å². The van der Waals surface area contributed by atoms with Crippen molar-refractivity contribution < 1.29 is 4.79 Å². The smallest absolute Gasteiger partial charge is 0.332 e. The van der Waals surface area contributed by atoms with Crippen LogP contribution in [0.25, 0.3) is 11.0 Å². The topological polar surface area (TPSA) is 95.3 Å². The number of nitrogens with two attached hydrogens (primary N) is 1. The molecule has 3 heterocycles. The van der Waals surface area contributed by atoms with E-state index in [0.29, 0.717) is 30.7 Å². The van der Waals surface area contributed by atoms with E-state index in [2.05, 4.69) is 12.1 Å². The van der Waals surface area contributed by atoms with Gasteiger partial charge < -0.3 is 15.2 Å². The van der Waals surface area contributed by atoms with Crippen LogP contribution in [0.15, 0.2) is 52.2 Å². The summed E-state index contributed by atoms with van der Waals surface area (Å²) in [4.78, 5) is 39.5. The second-order valence-corrected chi connectivity index (χ2v) is 7.70. The molecule has 2 atom stereocenters. The number of nitrogens with zero attached hydrogens (tertiary/aromatic N) is 4. The molecule has 0 aliphatic carbocycles. The summed E-state index contributed by atoms with van der Waals surface area (Å²) in [6.45, 7) is 1.81. The summed E-state index contributed by atoms with van der Waals surface area (Å²) in [7, 11) is 3.06. The highest BCUT2D eigenvalue weighted by Crippen LogP contribution is 2.32. The van der Waals surface area contributed by atoms with Crippen molar-refractivity contribution in [1.29, 1.82) is 0 Å². The van der Waals surface area contributed by atoms with Gasteiger partial charge in [-0.15, -0.1) is 0 Å². The van der Waals surface area contributed by atoms with Crippen LogP contribution >= 0.6 is 0 Å². The molecule has 2 N–H and O–H groups in total. The maximum Gasteiger partial charge on any atom is 0.332 e. The monoisotopic (exact) mass is 395 g/mol. The lowest BCUT2D eigenvalue weighted by atomic mass is 9.89. The summed E-state index contributed by atoms with van der Waals surface area (Å²) >= 11 is 0. The molecule has 4 rings (SSSR count). The van der Waals surface area contributed by atoms with Crippen LogP contribution in [0.1, 0.15) is 11.5 Å². The zero-order chi connectivity index (χ0) is 20.7. The molecule has 0 saturated carbocycles. The number of likely N-dealkylation sites (tertiary alicyclic amines) is 1. The highest BCUT2D eigenvalue weighted by atomic mass is 16.2. The molecule has 152 valence electrons. The summed E-state index contributed by atoms with van der Waals surface area (Å²) in [6.07, 6.45) is 1.69.